The lowest BCUT2D eigenvalue weighted by Crippen LogP contribution is -2.24. The van der Waals surface area contributed by atoms with Crippen LogP contribution in [0.2, 0.25) is 5.02 Å². The Balaban J connectivity index is 1.24. The number of imidazole rings is 1. The number of hydrogen-bond acceptors (Lipinski definition) is 5. The highest BCUT2D eigenvalue weighted by Gasteiger charge is 2.35. The van der Waals surface area contributed by atoms with Gasteiger partial charge in [-0.05, 0) is 49.2 Å². The van der Waals surface area contributed by atoms with Gasteiger partial charge in [-0.1, -0.05) is 35.7 Å². The molecule has 0 bridgehead atoms. The van der Waals surface area contributed by atoms with Gasteiger partial charge >= 0.3 is 0 Å². The molecular formula is C24H22ClN5O2. The molecule has 1 saturated carbocycles. The lowest BCUT2D eigenvalue weighted by Gasteiger charge is -2.16. The van der Waals surface area contributed by atoms with Crippen LogP contribution in [0.5, 0.6) is 0 Å². The Hall–Kier alpha value is -3.19. The third-order valence-electron chi connectivity index (χ3n) is 6.59. The SMILES string of the molecule is O=C1CC(c2nc(-c3ccc4c(c3)ncn4C3CCCC3)no2)CN1c1cccc(Cl)c1. The first-order valence-corrected chi connectivity index (χ1v) is 11.4. The fraction of sp³-hybridized carbons (Fsp3) is 0.333. The molecule has 1 atom stereocenters. The molecule has 2 aliphatic rings. The summed E-state index contributed by atoms with van der Waals surface area (Å²) >= 11 is 6.09. The number of hydrogen-bond donors (Lipinski definition) is 0. The van der Waals surface area contributed by atoms with Crippen molar-refractivity contribution in [3.63, 3.8) is 0 Å². The molecule has 0 N–H and O–H groups in total. The number of carbonyl (C=O) groups excluding carboxylic acids is 1. The molecule has 3 heterocycles. The monoisotopic (exact) mass is 447 g/mol. The van der Waals surface area contributed by atoms with Crippen LogP contribution < -0.4 is 4.90 Å². The molecule has 1 unspecified atom stereocenters. The number of nitrogens with zero attached hydrogens (tertiary/aromatic N) is 5. The van der Waals surface area contributed by atoms with Gasteiger partial charge in [-0.15, -0.1) is 0 Å². The number of halogens is 1. The number of anilines is 1. The third kappa shape index (κ3) is 3.37. The van der Waals surface area contributed by atoms with Crippen molar-refractivity contribution < 1.29 is 9.32 Å². The second-order valence-electron chi connectivity index (χ2n) is 8.64. The Morgan fingerprint density at radius 3 is 2.81 bits per heavy atom. The van der Waals surface area contributed by atoms with E-state index in [1.807, 2.05) is 30.6 Å². The summed E-state index contributed by atoms with van der Waals surface area (Å²) < 4.78 is 7.86. The van der Waals surface area contributed by atoms with Crippen LogP contribution in [0.15, 0.2) is 53.3 Å². The molecule has 2 aromatic heterocycles. The molecule has 6 rings (SSSR count). The summed E-state index contributed by atoms with van der Waals surface area (Å²) in [6, 6.07) is 14.0. The van der Waals surface area contributed by atoms with E-state index in [0.717, 1.165) is 22.3 Å². The first-order chi connectivity index (χ1) is 15.7. The van der Waals surface area contributed by atoms with E-state index in [9.17, 15) is 4.79 Å². The maximum atomic E-state index is 12.6. The zero-order valence-electron chi connectivity index (χ0n) is 17.4. The summed E-state index contributed by atoms with van der Waals surface area (Å²) in [5.41, 5.74) is 3.72. The van der Waals surface area contributed by atoms with Crippen LogP contribution in [-0.4, -0.2) is 32.1 Å². The molecule has 8 heteroatoms. The summed E-state index contributed by atoms with van der Waals surface area (Å²) in [6.07, 6.45) is 7.28. The second kappa shape index (κ2) is 7.74. The maximum absolute atomic E-state index is 12.6. The van der Waals surface area contributed by atoms with Gasteiger partial charge in [0, 0.05) is 35.3 Å². The number of amides is 1. The molecule has 162 valence electrons. The van der Waals surface area contributed by atoms with Gasteiger partial charge in [-0.2, -0.15) is 4.98 Å². The van der Waals surface area contributed by atoms with Crippen LogP contribution in [0, 0.1) is 0 Å². The van der Waals surface area contributed by atoms with Crippen molar-refractivity contribution in [3.8, 4) is 11.4 Å². The molecule has 32 heavy (non-hydrogen) atoms. The van der Waals surface area contributed by atoms with Gasteiger partial charge in [0.1, 0.15) is 0 Å². The lowest BCUT2D eigenvalue weighted by atomic mass is 10.1. The van der Waals surface area contributed by atoms with E-state index in [1.54, 1.807) is 17.0 Å². The second-order valence-corrected chi connectivity index (χ2v) is 9.07. The summed E-state index contributed by atoms with van der Waals surface area (Å²) in [5.74, 6) is 0.879. The molecule has 4 aromatic rings. The van der Waals surface area contributed by atoms with E-state index in [0.29, 0.717) is 35.7 Å². The van der Waals surface area contributed by atoms with Gasteiger partial charge in [0.15, 0.2) is 0 Å². The predicted octanol–water partition coefficient (Wildman–Crippen LogP) is 5.38. The number of carbonyl (C=O) groups is 1. The highest BCUT2D eigenvalue weighted by molar-refractivity contribution is 6.30. The zero-order chi connectivity index (χ0) is 21.7. The van der Waals surface area contributed by atoms with Crippen molar-refractivity contribution in [2.45, 2.75) is 44.1 Å². The number of rotatable bonds is 4. The van der Waals surface area contributed by atoms with E-state index in [4.69, 9.17) is 16.1 Å². The highest BCUT2D eigenvalue weighted by Crippen LogP contribution is 2.35. The first-order valence-electron chi connectivity index (χ1n) is 11.0. The molecule has 2 fully saturated rings. The molecule has 0 radical (unpaired) electrons. The molecular weight excluding hydrogens is 426 g/mol. The Kier molecular flexibility index (Phi) is 4.72. The van der Waals surface area contributed by atoms with Crippen LogP contribution in [0.1, 0.15) is 50.0 Å². The van der Waals surface area contributed by atoms with Crippen molar-refractivity contribution >= 4 is 34.2 Å². The van der Waals surface area contributed by atoms with Gasteiger partial charge in [0.05, 0.1) is 23.3 Å². The Bertz CT molecular complexity index is 1310. The van der Waals surface area contributed by atoms with E-state index in [1.165, 1.54) is 25.7 Å². The fourth-order valence-corrected chi connectivity index (χ4v) is 5.11. The summed E-state index contributed by atoms with van der Waals surface area (Å²) in [4.78, 5) is 23.5. The van der Waals surface area contributed by atoms with Crippen LogP contribution >= 0.6 is 11.6 Å². The van der Waals surface area contributed by atoms with Crippen molar-refractivity contribution in [1.82, 2.24) is 19.7 Å². The topological polar surface area (TPSA) is 77.0 Å². The molecule has 0 spiro atoms. The predicted molar refractivity (Wildman–Crippen MR) is 122 cm³/mol. The minimum Gasteiger partial charge on any atom is -0.339 e. The number of fused-ring (bicyclic) bond motifs is 1. The van der Waals surface area contributed by atoms with Gasteiger partial charge in [0.25, 0.3) is 0 Å². The Labute approximate surface area is 190 Å². The maximum Gasteiger partial charge on any atom is 0.232 e. The minimum atomic E-state index is -0.145. The largest absolute Gasteiger partial charge is 0.339 e. The summed E-state index contributed by atoms with van der Waals surface area (Å²) in [5, 5.41) is 4.79. The van der Waals surface area contributed by atoms with Gasteiger partial charge in [-0.3, -0.25) is 4.79 Å². The summed E-state index contributed by atoms with van der Waals surface area (Å²) in [6.45, 7) is 0.492. The smallest absolute Gasteiger partial charge is 0.232 e. The fourth-order valence-electron chi connectivity index (χ4n) is 4.93. The normalized spacial score (nSPS) is 19.5. The average Bonchev–Trinajstić information content (AvgIpc) is 3.58. The minimum absolute atomic E-state index is 0.0240. The van der Waals surface area contributed by atoms with Crippen LogP contribution in [-0.2, 0) is 4.79 Å². The van der Waals surface area contributed by atoms with E-state index in [-0.39, 0.29) is 11.8 Å². The van der Waals surface area contributed by atoms with E-state index < -0.39 is 0 Å². The molecule has 2 aromatic carbocycles. The van der Waals surface area contributed by atoms with Crippen molar-refractivity contribution in [3.05, 3.63) is 59.7 Å². The van der Waals surface area contributed by atoms with Crippen LogP contribution in [0.25, 0.3) is 22.4 Å². The molecule has 1 saturated heterocycles. The van der Waals surface area contributed by atoms with Crippen molar-refractivity contribution in [2.75, 3.05) is 11.4 Å². The number of benzene rings is 2. The Morgan fingerprint density at radius 2 is 1.97 bits per heavy atom. The van der Waals surface area contributed by atoms with Crippen molar-refractivity contribution in [1.29, 1.82) is 0 Å². The third-order valence-corrected chi connectivity index (χ3v) is 6.82. The zero-order valence-corrected chi connectivity index (χ0v) is 18.2. The lowest BCUT2D eigenvalue weighted by molar-refractivity contribution is -0.117. The average molecular weight is 448 g/mol. The van der Waals surface area contributed by atoms with Crippen LogP contribution in [0.3, 0.4) is 0 Å². The van der Waals surface area contributed by atoms with Gasteiger partial charge in [0.2, 0.25) is 17.6 Å². The molecule has 1 amide bonds. The molecule has 1 aliphatic carbocycles. The van der Waals surface area contributed by atoms with Gasteiger partial charge in [-0.25, -0.2) is 4.98 Å². The standard InChI is InChI=1S/C24H22ClN5O2/c25-17-4-3-7-19(12-17)29-13-16(11-22(29)31)24-27-23(28-32-24)15-8-9-21-20(10-15)26-14-30(21)18-5-1-2-6-18/h3-4,7-10,12,14,16,18H,1-2,5-6,11,13H2. The highest BCUT2D eigenvalue weighted by atomic mass is 35.5. The number of aromatic nitrogens is 4. The van der Waals surface area contributed by atoms with Crippen molar-refractivity contribution in [2.24, 2.45) is 0 Å². The quantitative estimate of drug-likeness (QED) is 0.420. The Morgan fingerprint density at radius 1 is 1.09 bits per heavy atom. The van der Waals surface area contributed by atoms with E-state index >= 15 is 0 Å². The van der Waals surface area contributed by atoms with Gasteiger partial charge < -0.3 is 14.0 Å². The molecule has 1 aliphatic heterocycles. The first kappa shape index (κ1) is 19.5. The van der Waals surface area contributed by atoms with E-state index in [2.05, 4.69) is 25.8 Å². The summed E-state index contributed by atoms with van der Waals surface area (Å²) in [7, 11) is 0. The van der Waals surface area contributed by atoms with Crippen LogP contribution in [0.4, 0.5) is 5.69 Å². The molecule has 7 nitrogen and oxygen atoms in total.